The fraction of sp³-hybridized carbons (Fsp3) is 0.433. The summed E-state index contributed by atoms with van der Waals surface area (Å²) in [7, 11) is -1.58. The largest absolute Gasteiger partial charge is 0.489 e. The number of imidazole rings is 1. The van der Waals surface area contributed by atoms with Gasteiger partial charge in [0, 0.05) is 24.4 Å². The number of aromatic nitrogens is 4. The molecule has 0 spiro atoms. The van der Waals surface area contributed by atoms with Crippen LogP contribution < -0.4 is 16.0 Å². The number of nitrogens with zero attached hydrogens (tertiary/aromatic N) is 4. The summed E-state index contributed by atoms with van der Waals surface area (Å²) >= 11 is 0. The van der Waals surface area contributed by atoms with Crippen molar-refractivity contribution in [2.24, 2.45) is 0 Å². The van der Waals surface area contributed by atoms with Gasteiger partial charge in [0.25, 0.3) is 5.56 Å². The van der Waals surface area contributed by atoms with Gasteiger partial charge in [-0.05, 0) is 49.6 Å². The molecular formula is C30H40N4O4Si. The van der Waals surface area contributed by atoms with Gasteiger partial charge >= 0.3 is 5.69 Å². The monoisotopic (exact) mass is 548 g/mol. The van der Waals surface area contributed by atoms with Gasteiger partial charge < -0.3 is 9.47 Å². The Hall–Kier alpha value is -3.43. The van der Waals surface area contributed by atoms with E-state index < -0.39 is 8.07 Å². The number of ether oxygens (including phenoxy) is 2. The predicted octanol–water partition coefficient (Wildman–Crippen LogP) is 5.67. The van der Waals surface area contributed by atoms with Crippen LogP contribution in [-0.4, -0.2) is 32.5 Å². The first-order chi connectivity index (χ1) is 18.7. The second-order valence-corrected chi connectivity index (χ2v) is 16.6. The maximum absolute atomic E-state index is 13.7. The summed E-state index contributed by atoms with van der Waals surface area (Å²) in [4.78, 5) is 31.9. The zero-order valence-electron chi connectivity index (χ0n) is 23.9. The molecule has 0 fully saturated rings. The molecule has 1 atom stereocenters. The molecule has 1 unspecified atom stereocenters. The van der Waals surface area contributed by atoms with Crippen LogP contribution in [0.2, 0.25) is 19.6 Å². The lowest BCUT2D eigenvalue weighted by atomic mass is 10.2. The summed E-state index contributed by atoms with van der Waals surface area (Å²) < 4.78 is 17.1. The van der Waals surface area contributed by atoms with Gasteiger partial charge in [-0.2, -0.15) is 0 Å². The molecule has 0 aliphatic rings. The highest BCUT2D eigenvalue weighted by Gasteiger charge is 2.26. The van der Waals surface area contributed by atoms with Gasteiger partial charge in [0.05, 0.1) is 8.07 Å². The average Bonchev–Trinajstić information content (AvgIpc) is 3.30. The SMILES string of the molecule is CCCn1c(=O)c2c(nc(-c3ccc(OCc4ccccc4)cc3)n2COC(C)[Si](C)(C)C)n(CCC)c1=O. The summed E-state index contributed by atoms with van der Waals surface area (Å²) in [6.07, 6.45) is 1.43. The lowest BCUT2D eigenvalue weighted by molar-refractivity contribution is 0.0597. The zero-order valence-corrected chi connectivity index (χ0v) is 24.9. The van der Waals surface area contributed by atoms with Crippen molar-refractivity contribution in [3.05, 3.63) is 81.0 Å². The van der Waals surface area contributed by atoms with Gasteiger partial charge in [-0.15, -0.1) is 0 Å². The number of benzene rings is 2. The maximum atomic E-state index is 13.7. The highest BCUT2D eigenvalue weighted by molar-refractivity contribution is 6.77. The van der Waals surface area contributed by atoms with E-state index in [0.29, 0.717) is 43.1 Å². The van der Waals surface area contributed by atoms with Crippen LogP contribution in [0.1, 0.15) is 39.2 Å². The molecule has 0 aliphatic carbocycles. The van der Waals surface area contributed by atoms with E-state index in [1.807, 2.05) is 73.0 Å². The Morgan fingerprint density at radius 1 is 0.872 bits per heavy atom. The lowest BCUT2D eigenvalue weighted by Crippen LogP contribution is -2.41. The normalized spacial score (nSPS) is 12.7. The Bertz CT molecular complexity index is 1520. The van der Waals surface area contributed by atoms with Crippen molar-refractivity contribution >= 4 is 19.2 Å². The van der Waals surface area contributed by atoms with Crippen LogP contribution in [0.5, 0.6) is 5.75 Å². The van der Waals surface area contributed by atoms with Crippen molar-refractivity contribution in [1.29, 1.82) is 0 Å². The molecule has 8 nitrogen and oxygen atoms in total. The van der Waals surface area contributed by atoms with Gasteiger partial charge in [0.2, 0.25) is 0 Å². The molecule has 0 radical (unpaired) electrons. The van der Waals surface area contributed by atoms with Crippen LogP contribution in [-0.2, 0) is 31.2 Å². The van der Waals surface area contributed by atoms with Crippen molar-refractivity contribution in [2.45, 2.75) is 85.4 Å². The van der Waals surface area contributed by atoms with E-state index in [2.05, 4.69) is 26.6 Å². The van der Waals surface area contributed by atoms with Crippen molar-refractivity contribution in [1.82, 2.24) is 18.7 Å². The van der Waals surface area contributed by atoms with Crippen molar-refractivity contribution < 1.29 is 9.47 Å². The van der Waals surface area contributed by atoms with Crippen LogP contribution in [0.25, 0.3) is 22.6 Å². The molecule has 208 valence electrons. The zero-order chi connectivity index (χ0) is 28.2. The first-order valence-corrected chi connectivity index (χ1v) is 17.4. The van der Waals surface area contributed by atoms with Crippen molar-refractivity contribution in [3.63, 3.8) is 0 Å². The first kappa shape index (κ1) is 28.6. The minimum atomic E-state index is -1.58. The molecule has 4 rings (SSSR count). The number of aryl methyl sites for hydroxylation is 1. The summed E-state index contributed by atoms with van der Waals surface area (Å²) in [5, 5.41) is 0. The molecule has 9 heteroatoms. The highest BCUT2D eigenvalue weighted by Crippen LogP contribution is 2.26. The van der Waals surface area contributed by atoms with E-state index in [0.717, 1.165) is 23.3 Å². The molecule has 0 saturated carbocycles. The Morgan fingerprint density at radius 3 is 2.13 bits per heavy atom. The third kappa shape index (κ3) is 6.25. The molecule has 0 aliphatic heterocycles. The molecule has 0 N–H and O–H groups in total. The topological polar surface area (TPSA) is 80.3 Å². The van der Waals surface area contributed by atoms with E-state index in [-0.39, 0.29) is 23.7 Å². The second-order valence-electron chi connectivity index (χ2n) is 11.0. The smallest absolute Gasteiger partial charge is 0.332 e. The fourth-order valence-corrected chi connectivity index (χ4v) is 4.93. The number of hydrogen-bond acceptors (Lipinski definition) is 5. The van der Waals surface area contributed by atoms with Gasteiger partial charge in [0.15, 0.2) is 11.2 Å². The molecule has 2 heterocycles. The number of fused-ring (bicyclic) bond motifs is 1. The van der Waals surface area contributed by atoms with E-state index >= 15 is 0 Å². The molecule has 0 amide bonds. The van der Waals surface area contributed by atoms with E-state index in [4.69, 9.17) is 14.5 Å². The minimum absolute atomic E-state index is 0.0657. The Morgan fingerprint density at radius 2 is 1.51 bits per heavy atom. The van der Waals surface area contributed by atoms with Gasteiger partial charge in [-0.3, -0.25) is 18.5 Å². The molecule has 4 aromatic rings. The second kappa shape index (κ2) is 12.2. The summed E-state index contributed by atoms with van der Waals surface area (Å²) in [5.74, 6) is 1.33. The summed E-state index contributed by atoms with van der Waals surface area (Å²) in [6.45, 7) is 14.3. The Kier molecular flexibility index (Phi) is 8.92. The molecule has 2 aromatic heterocycles. The van der Waals surface area contributed by atoms with Crippen LogP contribution >= 0.6 is 0 Å². The summed E-state index contributed by atoms with van der Waals surface area (Å²) in [6, 6.07) is 17.7. The highest BCUT2D eigenvalue weighted by atomic mass is 28.3. The van der Waals surface area contributed by atoms with Crippen LogP contribution in [0.3, 0.4) is 0 Å². The minimum Gasteiger partial charge on any atom is -0.489 e. The lowest BCUT2D eigenvalue weighted by Gasteiger charge is -2.26. The molecule has 2 aromatic carbocycles. The number of hydrogen-bond donors (Lipinski definition) is 0. The third-order valence-electron chi connectivity index (χ3n) is 7.04. The van der Waals surface area contributed by atoms with Crippen LogP contribution in [0.15, 0.2) is 64.2 Å². The van der Waals surface area contributed by atoms with Crippen molar-refractivity contribution in [3.8, 4) is 17.1 Å². The first-order valence-electron chi connectivity index (χ1n) is 13.8. The Balaban J connectivity index is 1.81. The molecule has 0 saturated heterocycles. The van der Waals surface area contributed by atoms with Gasteiger partial charge in [-0.25, -0.2) is 9.78 Å². The van der Waals surface area contributed by atoms with E-state index in [1.165, 1.54) is 4.57 Å². The van der Waals surface area contributed by atoms with Crippen LogP contribution in [0.4, 0.5) is 0 Å². The molecular weight excluding hydrogens is 508 g/mol. The van der Waals surface area contributed by atoms with E-state index in [1.54, 1.807) is 4.57 Å². The van der Waals surface area contributed by atoms with Crippen LogP contribution in [0, 0.1) is 0 Å². The molecule has 39 heavy (non-hydrogen) atoms. The summed E-state index contributed by atoms with van der Waals surface area (Å²) in [5.41, 5.74) is 2.15. The quantitative estimate of drug-likeness (QED) is 0.213. The average molecular weight is 549 g/mol. The van der Waals surface area contributed by atoms with Gasteiger partial charge in [0.1, 0.15) is 24.9 Å². The van der Waals surface area contributed by atoms with E-state index in [9.17, 15) is 9.59 Å². The standard InChI is InChI=1S/C30H40N4O4Si/c1-7-18-32-28-26(29(35)33(19-8-2)30(32)36)34(21-38-22(3)39(4,5)6)27(31-28)24-14-16-25(17-15-24)37-20-23-12-10-9-11-13-23/h9-17,22H,7-8,18-21H2,1-6H3. The predicted molar refractivity (Wildman–Crippen MR) is 159 cm³/mol. The molecule has 0 bridgehead atoms. The fourth-order valence-electron chi connectivity index (χ4n) is 4.36. The maximum Gasteiger partial charge on any atom is 0.332 e. The third-order valence-corrected chi connectivity index (χ3v) is 9.65. The Labute approximate surface area is 230 Å². The number of rotatable bonds is 12. The van der Waals surface area contributed by atoms with Crippen molar-refractivity contribution in [2.75, 3.05) is 0 Å². The van der Waals surface area contributed by atoms with Gasteiger partial charge in [-0.1, -0.05) is 63.8 Å².